The third kappa shape index (κ3) is 6.21. The van der Waals surface area contributed by atoms with Gasteiger partial charge in [0.15, 0.2) is 11.6 Å². The Morgan fingerprint density at radius 1 is 1.04 bits per heavy atom. The fourth-order valence-corrected chi connectivity index (χ4v) is 3.54. The second-order valence-electron chi connectivity index (χ2n) is 6.97. The molecule has 0 N–H and O–H groups in total. The van der Waals surface area contributed by atoms with Gasteiger partial charge in [-0.15, -0.1) is 0 Å². The summed E-state index contributed by atoms with van der Waals surface area (Å²) in [5.74, 6) is -0.788. The highest BCUT2D eigenvalue weighted by Crippen LogP contribution is 2.34. The van der Waals surface area contributed by atoms with Crippen molar-refractivity contribution >= 4 is 5.97 Å². The van der Waals surface area contributed by atoms with E-state index in [0.717, 1.165) is 24.5 Å². The van der Waals surface area contributed by atoms with Crippen LogP contribution in [0.5, 0.6) is 5.75 Å². The van der Waals surface area contributed by atoms with E-state index in [1.54, 1.807) is 0 Å². The van der Waals surface area contributed by atoms with Crippen molar-refractivity contribution < 1.29 is 18.3 Å². The lowest BCUT2D eigenvalue weighted by Gasteiger charge is -2.28. The van der Waals surface area contributed by atoms with E-state index < -0.39 is 11.6 Å². The van der Waals surface area contributed by atoms with Crippen LogP contribution in [0, 0.1) is 23.5 Å². The van der Waals surface area contributed by atoms with Crippen LogP contribution >= 0.6 is 0 Å². The first-order chi connectivity index (χ1) is 11.6. The predicted octanol–water partition coefficient (Wildman–Crippen LogP) is 6.04. The second kappa shape index (κ2) is 9.75. The predicted molar refractivity (Wildman–Crippen MR) is 90.8 cm³/mol. The molecule has 2 nitrogen and oxygen atoms in total. The lowest BCUT2D eigenvalue weighted by molar-refractivity contribution is -0.134. The summed E-state index contributed by atoms with van der Waals surface area (Å²) in [6.07, 6.45) is 11.4. The Kier molecular flexibility index (Phi) is 7.67. The monoisotopic (exact) mass is 338 g/mol. The summed E-state index contributed by atoms with van der Waals surface area (Å²) in [6, 6.07) is 3.16. The van der Waals surface area contributed by atoms with Crippen LogP contribution in [0.25, 0.3) is 0 Å². The van der Waals surface area contributed by atoms with Gasteiger partial charge in [0.25, 0.3) is 0 Å². The first-order valence-electron chi connectivity index (χ1n) is 9.24. The van der Waals surface area contributed by atoms with E-state index in [1.165, 1.54) is 57.4 Å². The van der Waals surface area contributed by atoms with Crippen LogP contribution < -0.4 is 4.74 Å². The van der Waals surface area contributed by atoms with Gasteiger partial charge in [-0.1, -0.05) is 58.3 Å². The third-order valence-corrected chi connectivity index (χ3v) is 5.06. The number of benzene rings is 1. The number of carbonyl (C=O) groups excluding carboxylic acids is 1. The molecule has 1 fully saturated rings. The standard InChI is InChI=1S/C20H28F2O2/c1-2-3-4-5-15-6-8-16(9-7-15)10-13-20(23)24-17-11-12-18(21)19(22)14-17/h11-12,14-16H,2-10,13H2,1H3. The minimum atomic E-state index is -0.998. The van der Waals surface area contributed by atoms with E-state index in [0.29, 0.717) is 12.3 Å². The SMILES string of the molecule is CCCCCC1CCC(CCC(=O)Oc2ccc(F)c(F)c2)CC1. The van der Waals surface area contributed by atoms with Gasteiger partial charge in [-0.3, -0.25) is 4.79 Å². The fourth-order valence-electron chi connectivity index (χ4n) is 3.54. The summed E-state index contributed by atoms with van der Waals surface area (Å²) in [4.78, 5) is 11.9. The molecule has 0 heterocycles. The zero-order valence-electron chi connectivity index (χ0n) is 14.5. The van der Waals surface area contributed by atoms with E-state index >= 15 is 0 Å². The van der Waals surface area contributed by atoms with Gasteiger partial charge in [-0.05, 0) is 30.4 Å². The quantitative estimate of drug-likeness (QED) is 0.328. The highest BCUT2D eigenvalue weighted by molar-refractivity contribution is 5.72. The molecule has 0 bridgehead atoms. The topological polar surface area (TPSA) is 26.3 Å². The Hall–Kier alpha value is -1.45. The van der Waals surface area contributed by atoms with Crippen molar-refractivity contribution in [3.05, 3.63) is 29.8 Å². The van der Waals surface area contributed by atoms with Crippen LogP contribution in [0.4, 0.5) is 8.78 Å². The molecule has 134 valence electrons. The van der Waals surface area contributed by atoms with Gasteiger partial charge in [0.1, 0.15) is 5.75 Å². The minimum absolute atomic E-state index is 0.0681. The molecule has 1 aliphatic carbocycles. The van der Waals surface area contributed by atoms with Gasteiger partial charge in [0, 0.05) is 12.5 Å². The fraction of sp³-hybridized carbons (Fsp3) is 0.650. The largest absolute Gasteiger partial charge is 0.426 e. The van der Waals surface area contributed by atoms with Gasteiger partial charge < -0.3 is 4.74 Å². The van der Waals surface area contributed by atoms with Crippen molar-refractivity contribution in [2.75, 3.05) is 0 Å². The molecule has 1 saturated carbocycles. The van der Waals surface area contributed by atoms with E-state index in [9.17, 15) is 13.6 Å². The summed E-state index contributed by atoms with van der Waals surface area (Å²) in [5, 5.41) is 0. The van der Waals surface area contributed by atoms with E-state index in [2.05, 4.69) is 6.92 Å². The molecule has 24 heavy (non-hydrogen) atoms. The van der Waals surface area contributed by atoms with E-state index in [1.807, 2.05) is 0 Å². The molecular formula is C20H28F2O2. The van der Waals surface area contributed by atoms with Gasteiger partial charge in [-0.2, -0.15) is 0 Å². The van der Waals surface area contributed by atoms with Crippen LogP contribution in [0.2, 0.25) is 0 Å². The molecule has 4 heteroatoms. The van der Waals surface area contributed by atoms with Crippen LogP contribution in [-0.4, -0.2) is 5.97 Å². The molecule has 2 rings (SSSR count). The van der Waals surface area contributed by atoms with Gasteiger partial charge in [0.2, 0.25) is 0 Å². The number of halogens is 2. The highest BCUT2D eigenvalue weighted by Gasteiger charge is 2.21. The number of carbonyl (C=O) groups is 1. The van der Waals surface area contributed by atoms with Crippen LogP contribution in [0.3, 0.4) is 0 Å². The normalized spacial score (nSPS) is 20.8. The molecule has 0 amide bonds. The van der Waals surface area contributed by atoms with Gasteiger partial charge in [0.05, 0.1) is 0 Å². The summed E-state index contributed by atoms with van der Waals surface area (Å²) in [6.45, 7) is 2.23. The maximum Gasteiger partial charge on any atom is 0.311 e. The molecule has 0 aromatic heterocycles. The molecule has 0 radical (unpaired) electrons. The molecular weight excluding hydrogens is 310 g/mol. The van der Waals surface area contributed by atoms with Crippen LogP contribution in [-0.2, 0) is 4.79 Å². The Morgan fingerprint density at radius 2 is 1.71 bits per heavy atom. The van der Waals surface area contributed by atoms with Crippen LogP contribution in [0.1, 0.15) is 71.1 Å². The number of hydrogen-bond acceptors (Lipinski definition) is 2. The van der Waals surface area contributed by atoms with E-state index in [4.69, 9.17) is 4.74 Å². The molecule has 1 aromatic rings. The van der Waals surface area contributed by atoms with Crippen molar-refractivity contribution in [2.45, 2.75) is 71.1 Å². The van der Waals surface area contributed by atoms with Crippen molar-refractivity contribution in [3.63, 3.8) is 0 Å². The molecule has 1 aliphatic rings. The molecule has 0 aliphatic heterocycles. The first-order valence-corrected chi connectivity index (χ1v) is 9.24. The summed E-state index contributed by atoms with van der Waals surface area (Å²) >= 11 is 0. The maximum absolute atomic E-state index is 13.1. The summed E-state index contributed by atoms with van der Waals surface area (Å²) in [7, 11) is 0. The lowest BCUT2D eigenvalue weighted by atomic mass is 9.78. The number of ether oxygens (including phenoxy) is 1. The summed E-state index contributed by atoms with van der Waals surface area (Å²) in [5.41, 5.74) is 0. The zero-order valence-corrected chi connectivity index (χ0v) is 14.5. The van der Waals surface area contributed by atoms with Crippen molar-refractivity contribution in [1.29, 1.82) is 0 Å². The molecule has 0 spiro atoms. The Bertz CT molecular complexity index is 522. The van der Waals surface area contributed by atoms with Gasteiger partial charge >= 0.3 is 5.97 Å². The number of rotatable bonds is 8. The van der Waals surface area contributed by atoms with Crippen molar-refractivity contribution in [1.82, 2.24) is 0 Å². The van der Waals surface area contributed by atoms with Crippen molar-refractivity contribution in [3.8, 4) is 5.75 Å². The molecule has 0 saturated heterocycles. The van der Waals surface area contributed by atoms with E-state index in [-0.39, 0.29) is 11.7 Å². The Labute approximate surface area is 143 Å². The zero-order chi connectivity index (χ0) is 17.4. The second-order valence-corrected chi connectivity index (χ2v) is 6.97. The number of esters is 1. The number of hydrogen-bond donors (Lipinski definition) is 0. The number of unbranched alkanes of at least 4 members (excludes halogenated alkanes) is 2. The van der Waals surface area contributed by atoms with Gasteiger partial charge in [-0.25, -0.2) is 8.78 Å². The molecule has 0 atom stereocenters. The average Bonchev–Trinajstić information content (AvgIpc) is 2.58. The third-order valence-electron chi connectivity index (χ3n) is 5.06. The van der Waals surface area contributed by atoms with Crippen LogP contribution in [0.15, 0.2) is 18.2 Å². The smallest absolute Gasteiger partial charge is 0.311 e. The molecule has 1 aromatic carbocycles. The Morgan fingerprint density at radius 3 is 2.33 bits per heavy atom. The Balaban J connectivity index is 1.65. The first kappa shape index (κ1) is 18.9. The average molecular weight is 338 g/mol. The van der Waals surface area contributed by atoms with Crippen molar-refractivity contribution in [2.24, 2.45) is 11.8 Å². The lowest BCUT2D eigenvalue weighted by Crippen LogP contribution is -2.17. The minimum Gasteiger partial charge on any atom is -0.426 e. The molecule has 0 unspecified atom stereocenters. The maximum atomic E-state index is 13.1. The highest BCUT2D eigenvalue weighted by atomic mass is 19.2. The summed E-state index contributed by atoms with van der Waals surface area (Å²) < 4.78 is 31.0.